The van der Waals surface area contributed by atoms with Crippen molar-refractivity contribution in [3.8, 4) is 0 Å². The number of hydrogen-bond acceptors (Lipinski definition) is 2. The monoisotopic (exact) mass is 358 g/mol. The van der Waals surface area contributed by atoms with Crippen LogP contribution in [-0.4, -0.2) is 30.1 Å². The van der Waals surface area contributed by atoms with Crippen molar-refractivity contribution in [3.05, 3.63) is 70.3 Å². The lowest BCUT2D eigenvalue weighted by Gasteiger charge is -2.35. The summed E-state index contributed by atoms with van der Waals surface area (Å²) in [4.78, 5) is 0. The molecule has 0 spiro atoms. The zero-order chi connectivity index (χ0) is 18.0. The molecule has 134 valence electrons. The van der Waals surface area contributed by atoms with Gasteiger partial charge in [-0.25, -0.2) is 0 Å². The van der Waals surface area contributed by atoms with Crippen LogP contribution in [0.2, 0.25) is 0 Å². The lowest BCUT2D eigenvalue weighted by atomic mass is 10.00. The Morgan fingerprint density at radius 3 is 2.04 bits per heavy atom. The first kappa shape index (κ1) is 18.1. The molecule has 3 rings (SSSR count). The van der Waals surface area contributed by atoms with Gasteiger partial charge in [-0.15, -0.1) is 0 Å². The summed E-state index contributed by atoms with van der Waals surface area (Å²) in [5.41, 5.74) is 5.68. The van der Waals surface area contributed by atoms with Crippen molar-refractivity contribution in [2.45, 2.75) is 40.3 Å². The number of aryl methyl sites for hydroxylation is 3. The second-order valence-electron chi connectivity index (χ2n) is 6.89. The van der Waals surface area contributed by atoms with Crippen LogP contribution in [0.1, 0.15) is 34.2 Å². The van der Waals surface area contributed by atoms with Crippen LogP contribution in [0.25, 0.3) is 0 Å². The SMILES string of the molecule is Cc1cc(C)c(CN2CCCN(Cc3ccccc3)S2(=O)=O)c(C)c1. The Bertz CT molecular complexity index is 824. The van der Waals surface area contributed by atoms with Crippen LogP contribution in [0.3, 0.4) is 0 Å². The molecule has 2 aromatic carbocycles. The smallest absolute Gasteiger partial charge is 0.195 e. The molecule has 0 aromatic heterocycles. The minimum absolute atomic E-state index is 0.436. The van der Waals surface area contributed by atoms with Crippen molar-refractivity contribution in [1.29, 1.82) is 0 Å². The summed E-state index contributed by atoms with van der Waals surface area (Å²) in [5, 5.41) is 0. The fraction of sp³-hybridized carbons (Fsp3) is 0.400. The van der Waals surface area contributed by atoms with Gasteiger partial charge < -0.3 is 0 Å². The Hall–Kier alpha value is -1.69. The molecule has 4 nitrogen and oxygen atoms in total. The number of hydrogen-bond donors (Lipinski definition) is 0. The van der Waals surface area contributed by atoms with E-state index in [0.29, 0.717) is 26.2 Å². The van der Waals surface area contributed by atoms with Gasteiger partial charge in [-0.05, 0) is 49.4 Å². The van der Waals surface area contributed by atoms with E-state index in [2.05, 4.69) is 32.9 Å². The van der Waals surface area contributed by atoms with E-state index in [-0.39, 0.29) is 0 Å². The van der Waals surface area contributed by atoms with Crippen molar-refractivity contribution in [2.24, 2.45) is 0 Å². The van der Waals surface area contributed by atoms with E-state index in [1.165, 1.54) is 5.56 Å². The molecular weight excluding hydrogens is 332 g/mol. The topological polar surface area (TPSA) is 40.6 Å². The maximum Gasteiger partial charge on any atom is 0.282 e. The van der Waals surface area contributed by atoms with Gasteiger partial charge in [0.05, 0.1) is 0 Å². The Balaban J connectivity index is 1.83. The molecule has 0 atom stereocenters. The minimum Gasteiger partial charge on any atom is -0.195 e. The van der Waals surface area contributed by atoms with Crippen LogP contribution < -0.4 is 0 Å². The lowest BCUT2D eigenvalue weighted by Crippen LogP contribution is -2.48. The van der Waals surface area contributed by atoms with E-state index in [1.54, 1.807) is 8.61 Å². The second-order valence-corrected chi connectivity index (χ2v) is 8.82. The molecule has 2 aromatic rings. The summed E-state index contributed by atoms with van der Waals surface area (Å²) in [7, 11) is -3.44. The zero-order valence-corrected chi connectivity index (χ0v) is 16.0. The molecule has 0 amide bonds. The van der Waals surface area contributed by atoms with Gasteiger partial charge in [0.15, 0.2) is 0 Å². The summed E-state index contributed by atoms with van der Waals surface area (Å²) in [6.07, 6.45) is 0.857. The first-order valence-electron chi connectivity index (χ1n) is 8.74. The molecule has 0 aliphatic carbocycles. The van der Waals surface area contributed by atoms with Gasteiger partial charge in [-0.1, -0.05) is 48.0 Å². The van der Waals surface area contributed by atoms with E-state index < -0.39 is 10.2 Å². The van der Waals surface area contributed by atoms with Gasteiger partial charge in [-0.3, -0.25) is 0 Å². The van der Waals surface area contributed by atoms with E-state index in [9.17, 15) is 8.42 Å². The van der Waals surface area contributed by atoms with E-state index in [4.69, 9.17) is 0 Å². The maximum atomic E-state index is 13.1. The van der Waals surface area contributed by atoms with Crippen molar-refractivity contribution < 1.29 is 8.42 Å². The molecule has 1 fully saturated rings. The maximum absolute atomic E-state index is 13.1. The van der Waals surface area contributed by atoms with Crippen LogP contribution in [0.5, 0.6) is 0 Å². The second kappa shape index (κ2) is 7.28. The molecule has 5 heteroatoms. The number of nitrogens with zero attached hydrogens (tertiary/aromatic N) is 2. The van der Waals surface area contributed by atoms with Gasteiger partial charge >= 0.3 is 0 Å². The summed E-state index contributed by atoms with van der Waals surface area (Å²) in [6, 6.07) is 14.0. The largest absolute Gasteiger partial charge is 0.282 e. The third-order valence-corrected chi connectivity index (χ3v) is 6.77. The molecule has 0 unspecified atom stereocenters. The van der Waals surface area contributed by atoms with Crippen molar-refractivity contribution >= 4 is 10.2 Å². The Labute approximate surface area is 151 Å². The highest BCUT2D eigenvalue weighted by molar-refractivity contribution is 7.86. The molecule has 0 bridgehead atoms. The third-order valence-electron chi connectivity index (χ3n) is 4.84. The van der Waals surface area contributed by atoms with Gasteiger partial charge in [0.25, 0.3) is 10.2 Å². The summed E-state index contributed by atoms with van der Waals surface area (Å²) < 4.78 is 29.4. The predicted molar refractivity (Wildman–Crippen MR) is 101 cm³/mol. The molecule has 1 aliphatic rings. The quantitative estimate of drug-likeness (QED) is 0.838. The van der Waals surface area contributed by atoms with Gasteiger partial charge in [-0.2, -0.15) is 17.0 Å². The highest BCUT2D eigenvalue weighted by Crippen LogP contribution is 2.25. The average molecular weight is 359 g/mol. The van der Waals surface area contributed by atoms with Crippen LogP contribution in [0.15, 0.2) is 42.5 Å². The first-order valence-corrected chi connectivity index (χ1v) is 10.1. The number of benzene rings is 2. The third kappa shape index (κ3) is 3.94. The normalized spacial score (nSPS) is 18.4. The van der Waals surface area contributed by atoms with Crippen molar-refractivity contribution in [2.75, 3.05) is 13.1 Å². The van der Waals surface area contributed by atoms with Crippen molar-refractivity contribution in [1.82, 2.24) is 8.61 Å². The molecule has 25 heavy (non-hydrogen) atoms. The number of rotatable bonds is 4. The molecule has 0 radical (unpaired) electrons. The van der Waals surface area contributed by atoms with E-state index in [0.717, 1.165) is 28.7 Å². The summed E-state index contributed by atoms with van der Waals surface area (Å²) >= 11 is 0. The van der Waals surface area contributed by atoms with E-state index >= 15 is 0 Å². The van der Waals surface area contributed by atoms with Crippen LogP contribution in [0, 0.1) is 20.8 Å². The Kier molecular flexibility index (Phi) is 5.27. The van der Waals surface area contributed by atoms with Gasteiger partial charge in [0.2, 0.25) is 0 Å². The van der Waals surface area contributed by atoms with Crippen LogP contribution in [0.4, 0.5) is 0 Å². The fourth-order valence-electron chi connectivity index (χ4n) is 3.56. The average Bonchev–Trinajstić information content (AvgIpc) is 2.55. The van der Waals surface area contributed by atoms with Gasteiger partial charge in [0, 0.05) is 26.2 Å². The standard InChI is InChI=1S/C20H26N2O2S/c1-16-12-17(2)20(18(3)13-16)15-22-11-7-10-21(25(22,23)24)14-19-8-5-4-6-9-19/h4-6,8-9,12-13H,7,10-11,14-15H2,1-3H3. The molecule has 0 N–H and O–H groups in total. The first-order chi connectivity index (χ1) is 11.9. The summed E-state index contributed by atoms with van der Waals surface area (Å²) in [6.45, 7) is 8.25. The molecule has 1 heterocycles. The summed E-state index contributed by atoms with van der Waals surface area (Å²) in [5.74, 6) is 0. The highest BCUT2D eigenvalue weighted by Gasteiger charge is 2.33. The predicted octanol–water partition coefficient (Wildman–Crippen LogP) is 3.56. The Morgan fingerprint density at radius 1 is 0.880 bits per heavy atom. The van der Waals surface area contributed by atoms with Crippen LogP contribution >= 0.6 is 0 Å². The zero-order valence-electron chi connectivity index (χ0n) is 15.2. The van der Waals surface area contributed by atoms with Crippen LogP contribution in [-0.2, 0) is 23.3 Å². The molecular formula is C20H26N2O2S. The molecule has 1 saturated heterocycles. The lowest BCUT2D eigenvalue weighted by molar-refractivity contribution is 0.275. The fourth-order valence-corrected chi connectivity index (χ4v) is 5.21. The molecule has 0 saturated carbocycles. The minimum atomic E-state index is -3.44. The Morgan fingerprint density at radius 2 is 1.44 bits per heavy atom. The molecule has 1 aliphatic heterocycles. The van der Waals surface area contributed by atoms with Crippen molar-refractivity contribution in [3.63, 3.8) is 0 Å². The highest BCUT2D eigenvalue weighted by atomic mass is 32.2. The van der Waals surface area contributed by atoms with E-state index in [1.807, 2.05) is 30.3 Å². The van der Waals surface area contributed by atoms with Gasteiger partial charge in [0.1, 0.15) is 0 Å².